The number of imide groups is 1. The average molecular weight is 305 g/mol. The van der Waals surface area contributed by atoms with Gasteiger partial charge in [-0.2, -0.15) is 0 Å². The maximum atomic E-state index is 11.4. The van der Waals surface area contributed by atoms with Crippen LogP contribution in [0.25, 0.3) is 0 Å². The predicted octanol–water partition coefficient (Wildman–Crippen LogP) is 2.23. The van der Waals surface area contributed by atoms with Crippen molar-refractivity contribution < 1.29 is 14.4 Å². The highest BCUT2D eigenvalue weighted by Gasteiger charge is 2.06. The molecule has 120 valence electrons. The standard InChI is InChI=1S/C16H23N3O3/c1-3-5-10-17-16(21)19-15(20)12-22-18-11-14-8-6-13(4-2)7-9-14/h6-9,11H,3-5,10,12H2,1-2H3,(H2,17,19,20,21)/b18-11-. The van der Waals surface area contributed by atoms with E-state index in [1.807, 2.05) is 31.2 Å². The summed E-state index contributed by atoms with van der Waals surface area (Å²) in [5, 5.41) is 8.44. The first kappa shape index (κ1) is 17.7. The minimum absolute atomic E-state index is 0.301. The molecule has 0 radical (unpaired) electrons. The Morgan fingerprint density at radius 2 is 1.95 bits per heavy atom. The summed E-state index contributed by atoms with van der Waals surface area (Å²) in [5.41, 5.74) is 2.13. The number of nitrogens with one attached hydrogen (secondary N) is 2. The summed E-state index contributed by atoms with van der Waals surface area (Å²) < 4.78 is 0. The summed E-state index contributed by atoms with van der Waals surface area (Å²) in [4.78, 5) is 27.6. The van der Waals surface area contributed by atoms with Crippen LogP contribution in [0, 0.1) is 0 Å². The maximum Gasteiger partial charge on any atom is 0.321 e. The number of hydrogen-bond acceptors (Lipinski definition) is 4. The molecule has 3 amide bonds. The highest BCUT2D eigenvalue weighted by molar-refractivity contribution is 5.94. The second-order valence-corrected chi connectivity index (χ2v) is 4.76. The molecular weight excluding hydrogens is 282 g/mol. The van der Waals surface area contributed by atoms with Gasteiger partial charge in [0.2, 0.25) is 0 Å². The van der Waals surface area contributed by atoms with E-state index in [1.165, 1.54) is 11.8 Å². The minimum atomic E-state index is -0.535. The van der Waals surface area contributed by atoms with Crippen LogP contribution >= 0.6 is 0 Å². The second kappa shape index (κ2) is 10.4. The Labute approximate surface area is 130 Å². The smallest absolute Gasteiger partial charge is 0.321 e. The lowest BCUT2D eigenvalue weighted by Crippen LogP contribution is -2.41. The van der Waals surface area contributed by atoms with Gasteiger partial charge in [-0.1, -0.05) is 49.7 Å². The van der Waals surface area contributed by atoms with Crippen molar-refractivity contribution in [2.75, 3.05) is 13.2 Å². The number of amides is 3. The van der Waals surface area contributed by atoms with Crippen molar-refractivity contribution in [2.24, 2.45) is 5.16 Å². The van der Waals surface area contributed by atoms with Crippen molar-refractivity contribution in [1.82, 2.24) is 10.6 Å². The van der Waals surface area contributed by atoms with Crippen molar-refractivity contribution in [3.63, 3.8) is 0 Å². The summed E-state index contributed by atoms with van der Waals surface area (Å²) in [6.07, 6.45) is 4.35. The Kier molecular flexibility index (Phi) is 8.33. The molecule has 6 heteroatoms. The Hall–Kier alpha value is -2.37. The topological polar surface area (TPSA) is 79.8 Å². The Morgan fingerprint density at radius 1 is 1.23 bits per heavy atom. The van der Waals surface area contributed by atoms with Crippen LogP contribution in [0.15, 0.2) is 29.4 Å². The molecule has 0 saturated heterocycles. The Bertz CT molecular complexity index is 498. The van der Waals surface area contributed by atoms with E-state index in [4.69, 9.17) is 4.84 Å². The van der Waals surface area contributed by atoms with Crippen molar-refractivity contribution >= 4 is 18.2 Å². The fourth-order valence-corrected chi connectivity index (χ4v) is 1.62. The summed E-state index contributed by atoms with van der Waals surface area (Å²) in [6, 6.07) is 7.35. The van der Waals surface area contributed by atoms with Gasteiger partial charge in [0.05, 0.1) is 6.21 Å². The second-order valence-electron chi connectivity index (χ2n) is 4.76. The molecule has 0 aliphatic rings. The first-order chi connectivity index (χ1) is 10.7. The third-order valence-electron chi connectivity index (χ3n) is 2.93. The van der Waals surface area contributed by atoms with E-state index in [0.29, 0.717) is 6.54 Å². The van der Waals surface area contributed by atoms with Crippen molar-refractivity contribution in [3.05, 3.63) is 35.4 Å². The number of carbonyl (C=O) groups excluding carboxylic acids is 2. The number of aryl methyl sites for hydroxylation is 1. The number of unbranched alkanes of at least 4 members (excludes halogenated alkanes) is 1. The summed E-state index contributed by atoms with van der Waals surface area (Å²) in [7, 11) is 0. The van der Waals surface area contributed by atoms with E-state index in [0.717, 1.165) is 24.8 Å². The lowest BCUT2D eigenvalue weighted by molar-refractivity contribution is -0.124. The largest absolute Gasteiger partial charge is 0.386 e. The lowest BCUT2D eigenvalue weighted by Gasteiger charge is -2.05. The Balaban J connectivity index is 2.23. The zero-order valence-electron chi connectivity index (χ0n) is 13.1. The van der Waals surface area contributed by atoms with Crippen LogP contribution in [0.5, 0.6) is 0 Å². The van der Waals surface area contributed by atoms with Crippen LogP contribution in [0.2, 0.25) is 0 Å². The van der Waals surface area contributed by atoms with Gasteiger partial charge in [-0.05, 0) is 24.0 Å². The SMILES string of the molecule is CCCCNC(=O)NC(=O)CO/N=C\c1ccc(CC)cc1. The van der Waals surface area contributed by atoms with Gasteiger partial charge in [-0.3, -0.25) is 10.1 Å². The molecule has 0 unspecified atom stereocenters. The first-order valence-corrected chi connectivity index (χ1v) is 7.47. The van der Waals surface area contributed by atoms with Gasteiger partial charge in [0, 0.05) is 6.54 Å². The summed E-state index contributed by atoms with van der Waals surface area (Å²) in [6.45, 7) is 4.35. The highest BCUT2D eigenvalue weighted by atomic mass is 16.6. The van der Waals surface area contributed by atoms with Crippen molar-refractivity contribution in [2.45, 2.75) is 33.1 Å². The zero-order chi connectivity index (χ0) is 16.2. The van der Waals surface area contributed by atoms with Crippen LogP contribution in [0.4, 0.5) is 4.79 Å². The molecule has 1 rings (SSSR count). The first-order valence-electron chi connectivity index (χ1n) is 7.47. The minimum Gasteiger partial charge on any atom is -0.386 e. The van der Waals surface area contributed by atoms with Crippen LogP contribution in [0.1, 0.15) is 37.8 Å². The molecule has 0 aliphatic carbocycles. The Morgan fingerprint density at radius 3 is 2.59 bits per heavy atom. The van der Waals surface area contributed by atoms with Crippen molar-refractivity contribution in [3.8, 4) is 0 Å². The third-order valence-corrected chi connectivity index (χ3v) is 2.93. The quantitative estimate of drug-likeness (QED) is 0.439. The molecule has 1 aromatic carbocycles. The normalized spacial score (nSPS) is 10.5. The van der Waals surface area contributed by atoms with Gasteiger partial charge in [0.15, 0.2) is 6.61 Å². The van der Waals surface area contributed by atoms with Crippen LogP contribution in [0.3, 0.4) is 0 Å². The van der Waals surface area contributed by atoms with Gasteiger partial charge in [0.25, 0.3) is 5.91 Å². The number of rotatable bonds is 8. The van der Waals surface area contributed by atoms with Crippen LogP contribution in [-0.4, -0.2) is 31.3 Å². The molecule has 0 aliphatic heterocycles. The van der Waals surface area contributed by atoms with E-state index < -0.39 is 11.9 Å². The van der Waals surface area contributed by atoms with Crippen molar-refractivity contribution in [1.29, 1.82) is 0 Å². The van der Waals surface area contributed by atoms with E-state index in [-0.39, 0.29) is 6.61 Å². The van der Waals surface area contributed by atoms with Crippen LogP contribution < -0.4 is 10.6 Å². The molecule has 1 aromatic rings. The van der Waals surface area contributed by atoms with Gasteiger partial charge in [-0.15, -0.1) is 0 Å². The van der Waals surface area contributed by atoms with E-state index in [9.17, 15) is 9.59 Å². The highest BCUT2D eigenvalue weighted by Crippen LogP contribution is 2.02. The van der Waals surface area contributed by atoms with Gasteiger partial charge in [-0.25, -0.2) is 4.79 Å². The lowest BCUT2D eigenvalue weighted by atomic mass is 10.1. The van der Waals surface area contributed by atoms with Gasteiger partial charge >= 0.3 is 6.03 Å². The average Bonchev–Trinajstić information content (AvgIpc) is 2.52. The van der Waals surface area contributed by atoms with Gasteiger partial charge < -0.3 is 10.2 Å². The summed E-state index contributed by atoms with van der Waals surface area (Å²) >= 11 is 0. The number of urea groups is 1. The number of nitrogens with zero attached hydrogens (tertiary/aromatic N) is 1. The van der Waals surface area contributed by atoms with E-state index >= 15 is 0 Å². The molecule has 0 atom stereocenters. The number of hydrogen-bond donors (Lipinski definition) is 2. The molecule has 0 heterocycles. The van der Waals surface area contributed by atoms with Crippen LogP contribution in [-0.2, 0) is 16.1 Å². The summed E-state index contributed by atoms with van der Waals surface area (Å²) in [5.74, 6) is -0.535. The van der Waals surface area contributed by atoms with E-state index in [2.05, 4.69) is 22.7 Å². The molecule has 0 aromatic heterocycles. The monoisotopic (exact) mass is 305 g/mol. The van der Waals surface area contributed by atoms with E-state index in [1.54, 1.807) is 0 Å². The number of benzene rings is 1. The zero-order valence-corrected chi connectivity index (χ0v) is 13.1. The molecule has 22 heavy (non-hydrogen) atoms. The third kappa shape index (κ3) is 7.42. The molecule has 0 fully saturated rings. The maximum absolute atomic E-state index is 11.4. The molecule has 0 bridgehead atoms. The molecule has 0 spiro atoms. The van der Waals surface area contributed by atoms with Gasteiger partial charge in [0.1, 0.15) is 0 Å². The molecule has 2 N–H and O–H groups in total. The molecule has 6 nitrogen and oxygen atoms in total. The number of carbonyl (C=O) groups is 2. The fraction of sp³-hybridized carbons (Fsp3) is 0.438. The molecular formula is C16H23N3O3. The fourth-order valence-electron chi connectivity index (χ4n) is 1.62. The number of oxime groups is 1. The predicted molar refractivity (Wildman–Crippen MR) is 85.8 cm³/mol. The molecule has 0 saturated carbocycles.